The van der Waals surface area contributed by atoms with Crippen LogP contribution in [0.15, 0.2) is 42.5 Å². The molecule has 3 saturated heterocycles. The lowest BCUT2D eigenvalue weighted by molar-refractivity contribution is -0.142. The van der Waals surface area contributed by atoms with Crippen LogP contribution in [0, 0.1) is 23.2 Å². The van der Waals surface area contributed by atoms with Crippen molar-refractivity contribution in [1.29, 1.82) is 5.26 Å². The van der Waals surface area contributed by atoms with Crippen LogP contribution in [-0.2, 0) is 16.1 Å². The Kier molecular flexibility index (Phi) is 4.23. The summed E-state index contributed by atoms with van der Waals surface area (Å²) in [6.07, 6.45) is 0. The number of fused-ring (bicyclic) bond motifs is 4. The second-order valence-corrected chi connectivity index (χ2v) is 9.26. The molecule has 0 aliphatic carbocycles. The number of likely N-dealkylation sites (tertiary alicyclic amines) is 1. The quantitative estimate of drug-likeness (QED) is 0.688. The smallest absolute Gasteiger partial charge is 0.235 e. The van der Waals surface area contributed by atoms with Gasteiger partial charge in [-0.05, 0) is 35.4 Å². The number of nitrogens with zero attached hydrogens (tertiary/aromatic N) is 3. The van der Waals surface area contributed by atoms with Crippen LogP contribution >= 0.6 is 11.8 Å². The molecule has 4 heterocycles. The second-order valence-electron chi connectivity index (χ2n) is 8.26. The molecule has 8 heteroatoms. The third-order valence-electron chi connectivity index (χ3n) is 6.72. The lowest BCUT2D eigenvalue weighted by atomic mass is 9.86. The van der Waals surface area contributed by atoms with E-state index in [1.165, 1.54) is 4.90 Å². The summed E-state index contributed by atoms with van der Waals surface area (Å²) in [6.45, 7) is 0.424. The molecule has 2 amide bonds. The fourth-order valence-electron chi connectivity index (χ4n) is 5.32. The largest absolute Gasteiger partial charge is 0.454 e. The molecular weight excluding hydrogens is 414 g/mol. The monoisotopic (exact) mass is 433 g/mol. The molecule has 0 radical (unpaired) electrons. The summed E-state index contributed by atoms with van der Waals surface area (Å²) in [7, 11) is 0. The summed E-state index contributed by atoms with van der Waals surface area (Å²) in [4.78, 5) is 30.7. The first kappa shape index (κ1) is 18.7. The Labute approximate surface area is 183 Å². The number of hydrogen-bond acceptors (Lipinski definition) is 7. The fraction of sp³-hybridized carbons (Fsp3) is 0.348. The first-order valence-electron chi connectivity index (χ1n) is 10.2. The third-order valence-corrected chi connectivity index (χ3v) is 7.77. The summed E-state index contributed by atoms with van der Waals surface area (Å²) >= 11 is 1.80. The van der Waals surface area contributed by atoms with Crippen molar-refractivity contribution in [2.45, 2.75) is 18.6 Å². The van der Waals surface area contributed by atoms with E-state index in [2.05, 4.69) is 11.0 Å². The summed E-state index contributed by atoms with van der Waals surface area (Å²) < 4.78 is 10.8. The van der Waals surface area contributed by atoms with Crippen molar-refractivity contribution in [3.8, 4) is 17.6 Å². The molecule has 0 spiro atoms. The lowest BCUT2D eigenvalue weighted by Gasteiger charge is -2.28. The number of hydrogen-bond donors (Lipinski definition) is 0. The highest BCUT2D eigenvalue weighted by atomic mass is 32.2. The number of carbonyl (C=O) groups is 2. The van der Waals surface area contributed by atoms with Crippen LogP contribution in [0.25, 0.3) is 0 Å². The molecule has 0 N–H and O–H groups in total. The maximum absolute atomic E-state index is 13.5. The Morgan fingerprint density at radius 3 is 2.61 bits per heavy atom. The molecule has 6 rings (SSSR count). The van der Waals surface area contributed by atoms with Gasteiger partial charge in [-0.15, -0.1) is 11.8 Å². The second kappa shape index (κ2) is 7.01. The van der Waals surface area contributed by atoms with Gasteiger partial charge in [-0.1, -0.05) is 18.2 Å². The Bertz CT molecular complexity index is 1130. The zero-order valence-electron chi connectivity index (χ0n) is 16.6. The van der Waals surface area contributed by atoms with Crippen molar-refractivity contribution in [2.75, 3.05) is 18.4 Å². The molecule has 156 valence electrons. The predicted octanol–water partition coefficient (Wildman–Crippen LogP) is 2.52. The van der Waals surface area contributed by atoms with Gasteiger partial charge in [-0.25, -0.2) is 0 Å². The van der Waals surface area contributed by atoms with Crippen LogP contribution in [0.3, 0.4) is 0 Å². The Balaban J connectivity index is 1.33. The van der Waals surface area contributed by atoms with E-state index in [0.29, 0.717) is 17.1 Å². The SMILES string of the molecule is N#Cc1ccc(C2C3C(=O)N(Cc4ccc5c(c4)OCO5)C(=O)C3C3CSCN32)cc1. The zero-order chi connectivity index (χ0) is 21.1. The Hall–Kier alpha value is -3.02. The number of nitriles is 1. The van der Waals surface area contributed by atoms with Crippen molar-refractivity contribution in [2.24, 2.45) is 11.8 Å². The van der Waals surface area contributed by atoms with Crippen molar-refractivity contribution in [3.05, 3.63) is 59.2 Å². The van der Waals surface area contributed by atoms with E-state index in [1.54, 1.807) is 23.9 Å². The van der Waals surface area contributed by atoms with Gasteiger partial charge < -0.3 is 9.47 Å². The maximum atomic E-state index is 13.5. The number of imide groups is 1. The van der Waals surface area contributed by atoms with Crippen LogP contribution in [-0.4, -0.2) is 46.1 Å². The Morgan fingerprint density at radius 1 is 1.03 bits per heavy atom. The minimum Gasteiger partial charge on any atom is -0.454 e. The minimum atomic E-state index is -0.389. The number of rotatable bonds is 3. The van der Waals surface area contributed by atoms with Crippen molar-refractivity contribution < 1.29 is 19.1 Å². The normalized spacial score (nSPS) is 28.7. The molecular formula is C23H19N3O4S. The van der Waals surface area contributed by atoms with Crippen molar-refractivity contribution in [1.82, 2.24) is 9.80 Å². The van der Waals surface area contributed by atoms with Gasteiger partial charge in [0.05, 0.1) is 30.0 Å². The summed E-state index contributed by atoms with van der Waals surface area (Å²) in [5.41, 5.74) is 2.42. The number of thioether (sulfide) groups is 1. The molecule has 0 aromatic heterocycles. The molecule has 4 atom stereocenters. The third kappa shape index (κ3) is 2.77. The number of benzene rings is 2. The summed E-state index contributed by atoms with van der Waals surface area (Å²) in [5, 5.41) is 9.12. The average Bonchev–Trinajstić information content (AvgIpc) is 3.54. The summed E-state index contributed by atoms with van der Waals surface area (Å²) in [5.74, 6) is 2.08. The average molecular weight is 433 g/mol. The van der Waals surface area contributed by atoms with Gasteiger partial charge in [0, 0.05) is 23.7 Å². The van der Waals surface area contributed by atoms with E-state index >= 15 is 0 Å². The van der Waals surface area contributed by atoms with Gasteiger partial charge >= 0.3 is 0 Å². The molecule has 2 aromatic rings. The molecule has 4 aliphatic rings. The standard InChI is InChI=1S/C23H19N3O4S/c24-8-13-1-4-15(5-2-13)21-20-19(16-10-31-11-26(16)21)22(27)25(23(20)28)9-14-3-6-17-18(7-14)30-12-29-17/h1-7,16,19-21H,9-12H2. The molecule has 0 bridgehead atoms. The first-order chi connectivity index (χ1) is 15.2. The van der Waals surface area contributed by atoms with Crippen LogP contribution in [0.4, 0.5) is 0 Å². The number of amides is 2. The van der Waals surface area contributed by atoms with E-state index in [0.717, 1.165) is 22.8 Å². The van der Waals surface area contributed by atoms with E-state index in [1.807, 2.05) is 30.3 Å². The highest BCUT2D eigenvalue weighted by molar-refractivity contribution is 7.99. The fourth-order valence-corrected chi connectivity index (χ4v) is 6.62. The van der Waals surface area contributed by atoms with E-state index in [-0.39, 0.29) is 49.1 Å². The van der Waals surface area contributed by atoms with Crippen LogP contribution in [0.2, 0.25) is 0 Å². The molecule has 2 aromatic carbocycles. The summed E-state index contributed by atoms with van der Waals surface area (Å²) in [6, 6.07) is 15.0. The molecule has 0 saturated carbocycles. The predicted molar refractivity (Wildman–Crippen MR) is 112 cm³/mol. The Morgan fingerprint density at radius 2 is 1.81 bits per heavy atom. The van der Waals surface area contributed by atoms with Crippen LogP contribution in [0.1, 0.15) is 22.7 Å². The molecule has 3 fully saturated rings. The van der Waals surface area contributed by atoms with E-state index in [9.17, 15) is 9.59 Å². The van der Waals surface area contributed by atoms with Crippen LogP contribution < -0.4 is 9.47 Å². The first-order valence-corrected chi connectivity index (χ1v) is 11.4. The van der Waals surface area contributed by atoms with Crippen molar-refractivity contribution >= 4 is 23.6 Å². The van der Waals surface area contributed by atoms with E-state index in [4.69, 9.17) is 14.7 Å². The van der Waals surface area contributed by atoms with Gasteiger partial charge in [-0.3, -0.25) is 19.4 Å². The van der Waals surface area contributed by atoms with Gasteiger partial charge in [0.25, 0.3) is 0 Å². The minimum absolute atomic E-state index is 0.0637. The lowest BCUT2D eigenvalue weighted by Crippen LogP contribution is -2.39. The molecule has 4 aliphatic heterocycles. The maximum Gasteiger partial charge on any atom is 0.235 e. The van der Waals surface area contributed by atoms with Gasteiger partial charge in [0.2, 0.25) is 18.6 Å². The zero-order valence-corrected chi connectivity index (χ0v) is 17.4. The topological polar surface area (TPSA) is 82.9 Å². The highest BCUT2D eigenvalue weighted by Gasteiger charge is 2.63. The van der Waals surface area contributed by atoms with Gasteiger partial charge in [0.1, 0.15) is 0 Å². The number of ether oxygens (including phenoxy) is 2. The number of carbonyl (C=O) groups excluding carboxylic acids is 2. The van der Waals surface area contributed by atoms with Gasteiger partial charge in [-0.2, -0.15) is 5.26 Å². The van der Waals surface area contributed by atoms with Gasteiger partial charge in [0.15, 0.2) is 11.5 Å². The van der Waals surface area contributed by atoms with E-state index < -0.39 is 0 Å². The highest BCUT2D eigenvalue weighted by Crippen LogP contribution is 2.53. The van der Waals surface area contributed by atoms with Crippen molar-refractivity contribution in [3.63, 3.8) is 0 Å². The molecule has 4 unspecified atom stereocenters. The molecule has 7 nitrogen and oxygen atoms in total. The van der Waals surface area contributed by atoms with Crippen LogP contribution in [0.5, 0.6) is 11.5 Å². The molecule has 31 heavy (non-hydrogen) atoms.